The lowest BCUT2D eigenvalue weighted by molar-refractivity contribution is -0.274. The Kier molecular flexibility index (Phi) is 5.09. The molecular weight excluding hydrogens is 287 g/mol. The quantitative estimate of drug-likeness (QED) is 0.815. The van der Waals surface area contributed by atoms with Crippen LogP contribution in [0.2, 0.25) is 0 Å². The van der Waals surface area contributed by atoms with Crippen LogP contribution in [-0.4, -0.2) is 17.4 Å². The van der Waals surface area contributed by atoms with E-state index in [-0.39, 0.29) is 23.1 Å². The number of alkyl halides is 3. The highest BCUT2D eigenvalue weighted by atomic mass is 19.4. The molecule has 0 saturated carbocycles. The second kappa shape index (κ2) is 6.24. The third-order valence-corrected chi connectivity index (χ3v) is 3.50. The van der Waals surface area contributed by atoms with Crippen LogP contribution < -0.4 is 10.5 Å². The average molecular weight is 305 g/mol. The molecule has 2 unspecified atom stereocenters. The molecule has 0 fully saturated rings. The second-order valence-electron chi connectivity index (χ2n) is 5.23. The van der Waals surface area contributed by atoms with Gasteiger partial charge in [-0.1, -0.05) is 32.9 Å². The van der Waals surface area contributed by atoms with E-state index in [2.05, 4.69) is 4.74 Å². The van der Waals surface area contributed by atoms with Crippen molar-refractivity contribution in [2.75, 3.05) is 5.73 Å². The van der Waals surface area contributed by atoms with E-state index in [9.17, 15) is 23.1 Å². The molecule has 1 aromatic rings. The molecule has 0 bridgehead atoms. The number of carboxylic acids is 1. The standard InChI is InChI=1S/C14H18F3NO3/c1-7(2)8(3)11(13(19)20)9-5-4-6-10(12(9)18)21-14(15,16)17/h4-8,11H,18H2,1-3H3,(H,19,20). The van der Waals surface area contributed by atoms with Gasteiger partial charge in [-0.05, 0) is 23.5 Å². The smallest absolute Gasteiger partial charge is 0.481 e. The van der Waals surface area contributed by atoms with E-state index in [4.69, 9.17) is 5.73 Å². The molecule has 0 aliphatic heterocycles. The van der Waals surface area contributed by atoms with Crippen molar-refractivity contribution < 1.29 is 27.8 Å². The Morgan fingerprint density at radius 3 is 2.29 bits per heavy atom. The van der Waals surface area contributed by atoms with Gasteiger partial charge in [0.05, 0.1) is 11.6 Å². The number of nitrogen functional groups attached to an aromatic ring is 1. The van der Waals surface area contributed by atoms with Gasteiger partial charge in [-0.3, -0.25) is 4.79 Å². The van der Waals surface area contributed by atoms with E-state index in [0.29, 0.717) is 0 Å². The number of halogens is 3. The van der Waals surface area contributed by atoms with Crippen LogP contribution in [0.15, 0.2) is 18.2 Å². The number of hydrogen-bond donors (Lipinski definition) is 2. The highest BCUT2D eigenvalue weighted by Crippen LogP contribution is 2.38. The number of anilines is 1. The van der Waals surface area contributed by atoms with Gasteiger partial charge in [0.2, 0.25) is 0 Å². The molecule has 1 rings (SSSR count). The molecule has 4 nitrogen and oxygen atoms in total. The van der Waals surface area contributed by atoms with Gasteiger partial charge in [-0.2, -0.15) is 0 Å². The molecular formula is C14H18F3NO3. The van der Waals surface area contributed by atoms with E-state index in [1.54, 1.807) is 6.92 Å². The Labute approximate surface area is 120 Å². The van der Waals surface area contributed by atoms with Crippen molar-refractivity contribution in [3.63, 3.8) is 0 Å². The van der Waals surface area contributed by atoms with Gasteiger partial charge in [-0.25, -0.2) is 0 Å². The largest absolute Gasteiger partial charge is 0.573 e. The first-order valence-electron chi connectivity index (χ1n) is 6.41. The number of carbonyl (C=O) groups is 1. The maximum absolute atomic E-state index is 12.3. The number of nitrogens with two attached hydrogens (primary N) is 1. The number of ether oxygens (including phenoxy) is 1. The zero-order chi connectivity index (χ0) is 16.4. The Hall–Kier alpha value is -1.92. The van der Waals surface area contributed by atoms with Crippen LogP contribution in [0, 0.1) is 11.8 Å². The first-order valence-corrected chi connectivity index (χ1v) is 6.41. The van der Waals surface area contributed by atoms with Gasteiger partial charge in [0.25, 0.3) is 0 Å². The fourth-order valence-corrected chi connectivity index (χ4v) is 2.07. The number of para-hydroxylation sites is 1. The van der Waals surface area contributed by atoms with Crippen LogP contribution in [0.5, 0.6) is 5.75 Å². The van der Waals surface area contributed by atoms with Crippen molar-refractivity contribution in [3.05, 3.63) is 23.8 Å². The summed E-state index contributed by atoms with van der Waals surface area (Å²) in [4.78, 5) is 11.5. The molecule has 3 N–H and O–H groups in total. The van der Waals surface area contributed by atoms with E-state index in [1.165, 1.54) is 12.1 Å². The number of benzene rings is 1. The van der Waals surface area contributed by atoms with Gasteiger partial charge in [0.1, 0.15) is 0 Å². The normalized spacial score (nSPS) is 14.8. The predicted molar refractivity (Wildman–Crippen MR) is 71.9 cm³/mol. The zero-order valence-electron chi connectivity index (χ0n) is 11.9. The maximum Gasteiger partial charge on any atom is 0.573 e. The minimum Gasteiger partial charge on any atom is -0.481 e. The lowest BCUT2D eigenvalue weighted by Crippen LogP contribution is -2.25. The summed E-state index contributed by atoms with van der Waals surface area (Å²) in [6, 6.07) is 3.78. The van der Waals surface area contributed by atoms with Gasteiger partial charge >= 0.3 is 12.3 Å². The van der Waals surface area contributed by atoms with Crippen molar-refractivity contribution in [2.24, 2.45) is 11.8 Å². The third kappa shape index (κ3) is 4.27. The molecule has 0 saturated heterocycles. The third-order valence-electron chi connectivity index (χ3n) is 3.50. The first-order chi connectivity index (χ1) is 9.54. The maximum atomic E-state index is 12.3. The summed E-state index contributed by atoms with van der Waals surface area (Å²) >= 11 is 0. The Morgan fingerprint density at radius 2 is 1.86 bits per heavy atom. The summed E-state index contributed by atoms with van der Waals surface area (Å²) in [5.74, 6) is -2.99. The summed E-state index contributed by atoms with van der Waals surface area (Å²) in [5.41, 5.74) is 5.51. The Balaban J connectivity index is 3.28. The van der Waals surface area contributed by atoms with Crippen LogP contribution in [0.1, 0.15) is 32.3 Å². The highest BCUT2D eigenvalue weighted by molar-refractivity contribution is 5.80. The molecule has 0 heterocycles. The molecule has 1 aromatic carbocycles. The molecule has 0 spiro atoms. The molecule has 0 aromatic heterocycles. The molecule has 0 aliphatic carbocycles. The van der Waals surface area contributed by atoms with Crippen molar-refractivity contribution in [2.45, 2.75) is 33.1 Å². The van der Waals surface area contributed by atoms with Gasteiger partial charge in [0, 0.05) is 0 Å². The van der Waals surface area contributed by atoms with Crippen LogP contribution in [0.4, 0.5) is 18.9 Å². The minimum absolute atomic E-state index is 0.0256. The van der Waals surface area contributed by atoms with Crippen LogP contribution in [0.25, 0.3) is 0 Å². The summed E-state index contributed by atoms with van der Waals surface area (Å²) in [5, 5.41) is 9.38. The number of aliphatic carboxylic acids is 1. The zero-order valence-corrected chi connectivity index (χ0v) is 11.9. The lowest BCUT2D eigenvalue weighted by Gasteiger charge is -2.25. The van der Waals surface area contributed by atoms with Crippen molar-refractivity contribution >= 4 is 11.7 Å². The van der Waals surface area contributed by atoms with Gasteiger partial charge in [-0.15, -0.1) is 13.2 Å². The monoisotopic (exact) mass is 305 g/mol. The van der Waals surface area contributed by atoms with E-state index in [0.717, 1.165) is 6.07 Å². The second-order valence-corrected chi connectivity index (χ2v) is 5.23. The van der Waals surface area contributed by atoms with E-state index < -0.39 is 24.0 Å². The van der Waals surface area contributed by atoms with Gasteiger partial charge in [0.15, 0.2) is 5.75 Å². The fraction of sp³-hybridized carbons (Fsp3) is 0.500. The molecule has 2 atom stereocenters. The Morgan fingerprint density at radius 1 is 1.29 bits per heavy atom. The van der Waals surface area contributed by atoms with Crippen LogP contribution in [-0.2, 0) is 4.79 Å². The average Bonchev–Trinajstić information content (AvgIpc) is 2.31. The topological polar surface area (TPSA) is 72.5 Å². The molecule has 0 radical (unpaired) electrons. The molecule has 21 heavy (non-hydrogen) atoms. The van der Waals surface area contributed by atoms with Crippen molar-refractivity contribution in [3.8, 4) is 5.75 Å². The SMILES string of the molecule is CC(C)C(C)C(C(=O)O)c1cccc(OC(F)(F)F)c1N. The van der Waals surface area contributed by atoms with Crippen LogP contribution >= 0.6 is 0 Å². The van der Waals surface area contributed by atoms with Crippen LogP contribution in [0.3, 0.4) is 0 Å². The van der Waals surface area contributed by atoms with Crippen molar-refractivity contribution in [1.29, 1.82) is 0 Å². The summed E-state index contributed by atoms with van der Waals surface area (Å²) in [6.07, 6.45) is -4.88. The van der Waals surface area contributed by atoms with E-state index >= 15 is 0 Å². The molecule has 118 valence electrons. The van der Waals surface area contributed by atoms with E-state index in [1.807, 2.05) is 13.8 Å². The molecule has 7 heteroatoms. The summed E-state index contributed by atoms with van der Waals surface area (Å²) in [6.45, 7) is 5.40. The fourth-order valence-electron chi connectivity index (χ4n) is 2.07. The predicted octanol–water partition coefficient (Wildman–Crippen LogP) is 3.63. The molecule has 0 aliphatic rings. The lowest BCUT2D eigenvalue weighted by atomic mass is 9.80. The Bertz CT molecular complexity index is 515. The number of carboxylic acid groups (broad SMARTS) is 1. The highest BCUT2D eigenvalue weighted by Gasteiger charge is 2.35. The first kappa shape index (κ1) is 17.1. The summed E-state index contributed by atoms with van der Waals surface area (Å²) < 4.78 is 40.7. The minimum atomic E-state index is -4.88. The van der Waals surface area contributed by atoms with Crippen molar-refractivity contribution in [1.82, 2.24) is 0 Å². The number of hydrogen-bond acceptors (Lipinski definition) is 3. The van der Waals surface area contributed by atoms with Gasteiger partial charge < -0.3 is 15.6 Å². The summed E-state index contributed by atoms with van der Waals surface area (Å²) in [7, 11) is 0. The number of rotatable bonds is 5. The molecule has 0 amide bonds.